The molecular weight excluding hydrogens is 260 g/mol. The van der Waals surface area contributed by atoms with E-state index in [1.54, 1.807) is 0 Å². The van der Waals surface area contributed by atoms with Crippen LogP contribution in [0.4, 0.5) is 11.6 Å². The van der Waals surface area contributed by atoms with Crippen molar-refractivity contribution in [3.05, 3.63) is 11.9 Å². The third-order valence-corrected chi connectivity index (χ3v) is 4.68. The molecule has 1 heterocycles. The fraction of sp³-hybridized carbons (Fsp3) is 0.765. The van der Waals surface area contributed by atoms with Crippen molar-refractivity contribution in [1.29, 1.82) is 0 Å². The molecule has 0 aromatic carbocycles. The SMILES string of the molecule is CCCNc1cc(NC2CCCC(C)C2C)nc(CC)n1. The van der Waals surface area contributed by atoms with Gasteiger partial charge < -0.3 is 10.6 Å². The van der Waals surface area contributed by atoms with E-state index in [9.17, 15) is 0 Å². The number of nitrogens with zero attached hydrogens (tertiary/aromatic N) is 2. The molecule has 4 heteroatoms. The summed E-state index contributed by atoms with van der Waals surface area (Å²) in [6.45, 7) is 9.95. The summed E-state index contributed by atoms with van der Waals surface area (Å²) in [6.07, 6.45) is 5.88. The van der Waals surface area contributed by atoms with Crippen molar-refractivity contribution in [2.24, 2.45) is 11.8 Å². The predicted octanol–water partition coefficient (Wildman–Crippen LogP) is 4.10. The van der Waals surface area contributed by atoms with E-state index in [2.05, 4.69) is 54.4 Å². The number of nitrogens with one attached hydrogen (secondary N) is 2. The van der Waals surface area contributed by atoms with Crippen LogP contribution in [0.25, 0.3) is 0 Å². The Morgan fingerprint density at radius 2 is 1.90 bits per heavy atom. The van der Waals surface area contributed by atoms with E-state index in [-0.39, 0.29) is 0 Å². The molecule has 118 valence electrons. The normalized spacial score (nSPS) is 25.6. The van der Waals surface area contributed by atoms with Gasteiger partial charge in [0.25, 0.3) is 0 Å². The lowest BCUT2D eigenvalue weighted by atomic mass is 9.78. The van der Waals surface area contributed by atoms with Crippen molar-refractivity contribution >= 4 is 11.6 Å². The number of hydrogen-bond acceptors (Lipinski definition) is 4. The largest absolute Gasteiger partial charge is 0.370 e. The van der Waals surface area contributed by atoms with Gasteiger partial charge in [0, 0.05) is 25.1 Å². The molecule has 3 unspecified atom stereocenters. The summed E-state index contributed by atoms with van der Waals surface area (Å²) in [5.41, 5.74) is 0. The second-order valence-electron chi connectivity index (χ2n) is 6.35. The molecule has 2 N–H and O–H groups in total. The van der Waals surface area contributed by atoms with Crippen LogP contribution in [-0.2, 0) is 6.42 Å². The molecule has 1 aliphatic rings. The first-order chi connectivity index (χ1) is 10.1. The second kappa shape index (κ2) is 7.62. The van der Waals surface area contributed by atoms with Crippen LogP contribution in [0.5, 0.6) is 0 Å². The van der Waals surface area contributed by atoms with Gasteiger partial charge in [0.15, 0.2) is 0 Å². The first-order valence-electron chi connectivity index (χ1n) is 8.52. The fourth-order valence-electron chi connectivity index (χ4n) is 3.05. The Morgan fingerprint density at radius 1 is 1.14 bits per heavy atom. The minimum Gasteiger partial charge on any atom is -0.370 e. The topological polar surface area (TPSA) is 49.8 Å². The lowest BCUT2D eigenvalue weighted by Gasteiger charge is -2.35. The van der Waals surface area contributed by atoms with Crippen LogP contribution < -0.4 is 10.6 Å². The number of rotatable bonds is 6. The van der Waals surface area contributed by atoms with Crippen LogP contribution in [-0.4, -0.2) is 22.6 Å². The quantitative estimate of drug-likeness (QED) is 0.828. The van der Waals surface area contributed by atoms with Crippen molar-refractivity contribution < 1.29 is 0 Å². The maximum absolute atomic E-state index is 4.65. The molecule has 1 aromatic heterocycles. The minimum absolute atomic E-state index is 0.535. The zero-order chi connectivity index (χ0) is 15.2. The second-order valence-corrected chi connectivity index (χ2v) is 6.35. The Hall–Kier alpha value is -1.32. The van der Waals surface area contributed by atoms with Crippen LogP contribution in [0.2, 0.25) is 0 Å². The molecule has 0 radical (unpaired) electrons. The summed E-state index contributed by atoms with van der Waals surface area (Å²) in [6, 6.07) is 2.59. The Morgan fingerprint density at radius 3 is 2.62 bits per heavy atom. The average molecular weight is 290 g/mol. The smallest absolute Gasteiger partial charge is 0.132 e. The molecule has 0 saturated heterocycles. The van der Waals surface area contributed by atoms with Gasteiger partial charge in [-0.05, 0) is 24.7 Å². The Labute approximate surface area is 129 Å². The molecule has 4 nitrogen and oxygen atoms in total. The molecule has 1 fully saturated rings. The van der Waals surface area contributed by atoms with E-state index in [4.69, 9.17) is 0 Å². The van der Waals surface area contributed by atoms with Gasteiger partial charge >= 0.3 is 0 Å². The summed E-state index contributed by atoms with van der Waals surface area (Å²) in [5, 5.41) is 7.04. The standard InChI is InChI=1S/C17H30N4/c1-5-10-18-16-11-17(21-15(6-2)20-16)19-14-9-7-8-12(3)13(14)4/h11-14H,5-10H2,1-4H3,(H2,18,19,20,21). The molecule has 0 spiro atoms. The summed E-state index contributed by atoms with van der Waals surface area (Å²) in [7, 11) is 0. The summed E-state index contributed by atoms with van der Waals surface area (Å²) in [5.74, 6) is 4.33. The van der Waals surface area contributed by atoms with Crippen molar-refractivity contribution in [3.8, 4) is 0 Å². The third kappa shape index (κ3) is 4.32. The predicted molar refractivity (Wildman–Crippen MR) is 89.8 cm³/mol. The van der Waals surface area contributed by atoms with E-state index in [0.29, 0.717) is 12.0 Å². The highest BCUT2D eigenvalue weighted by molar-refractivity contribution is 5.48. The molecule has 0 amide bonds. The lowest BCUT2D eigenvalue weighted by molar-refractivity contribution is 0.253. The van der Waals surface area contributed by atoms with Gasteiger partial charge in [0.05, 0.1) is 0 Å². The van der Waals surface area contributed by atoms with Gasteiger partial charge in [0.1, 0.15) is 17.5 Å². The highest BCUT2D eigenvalue weighted by Gasteiger charge is 2.27. The molecule has 2 rings (SSSR count). The van der Waals surface area contributed by atoms with E-state index in [1.165, 1.54) is 19.3 Å². The minimum atomic E-state index is 0.535. The summed E-state index contributed by atoms with van der Waals surface area (Å²) >= 11 is 0. The highest BCUT2D eigenvalue weighted by atomic mass is 15.1. The van der Waals surface area contributed by atoms with Crippen LogP contribution in [0.1, 0.15) is 59.2 Å². The molecular formula is C17H30N4. The van der Waals surface area contributed by atoms with Crippen molar-refractivity contribution in [2.75, 3.05) is 17.2 Å². The Balaban J connectivity index is 2.10. The number of anilines is 2. The van der Waals surface area contributed by atoms with Gasteiger partial charge in [0.2, 0.25) is 0 Å². The number of hydrogen-bond donors (Lipinski definition) is 2. The molecule has 1 aliphatic carbocycles. The van der Waals surface area contributed by atoms with E-state index in [1.807, 2.05) is 0 Å². The molecule has 1 aromatic rings. The molecule has 21 heavy (non-hydrogen) atoms. The van der Waals surface area contributed by atoms with Gasteiger partial charge in [-0.3, -0.25) is 0 Å². The van der Waals surface area contributed by atoms with E-state index < -0.39 is 0 Å². The van der Waals surface area contributed by atoms with E-state index in [0.717, 1.165) is 42.8 Å². The number of aryl methyl sites for hydroxylation is 1. The monoisotopic (exact) mass is 290 g/mol. The molecule has 1 saturated carbocycles. The van der Waals surface area contributed by atoms with Gasteiger partial charge in [-0.15, -0.1) is 0 Å². The Kier molecular flexibility index (Phi) is 5.83. The van der Waals surface area contributed by atoms with Crippen LogP contribution in [0.3, 0.4) is 0 Å². The zero-order valence-electron chi connectivity index (χ0n) is 13.9. The van der Waals surface area contributed by atoms with Gasteiger partial charge in [-0.25, -0.2) is 9.97 Å². The zero-order valence-corrected chi connectivity index (χ0v) is 13.9. The molecule has 0 bridgehead atoms. The maximum Gasteiger partial charge on any atom is 0.132 e. The van der Waals surface area contributed by atoms with E-state index >= 15 is 0 Å². The lowest BCUT2D eigenvalue weighted by Crippen LogP contribution is -2.35. The first kappa shape index (κ1) is 16.1. The molecule has 3 atom stereocenters. The number of aromatic nitrogens is 2. The fourth-order valence-corrected chi connectivity index (χ4v) is 3.05. The first-order valence-corrected chi connectivity index (χ1v) is 8.52. The maximum atomic E-state index is 4.65. The summed E-state index contributed by atoms with van der Waals surface area (Å²) < 4.78 is 0. The van der Waals surface area contributed by atoms with Crippen LogP contribution in [0, 0.1) is 11.8 Å². The van der Waals surface area contributed by atoms with Crippen molar-refractivity contribution in [2.45, 2.75) is 65.8 Å². The average Bonchev–Trinajstić information content (AvgIpc) is 2.49. The van der Waals surface area contributed by atoms with Crippen LogP contribution >= 0.6 is 0 Å². The Bertz CT molecular complexity index is 446. The van der Waals surface area contributed by atoms with Crippen molar-refractivity contribution in [3.63, 3.8) is 0 Å². The molecule has 0 aliphatic heterocycles. The van der Waals surface area contributed by atoms with Gasteiger partial charge in [-0.2, -0.15) is 0 Å². The summed E-state index contributed by atoms with van der Waals surface area (Å²) in [4.78, 5) is 9.21. The van der Waals surface area contributed by atoms with Gasteiger partial charge in [-0.1, -0.05) is 40.5 Å². The third-order valence-electron chi connectivity index (χ3n) is 4.68. The van der Waals surface area contributed by atoms with Crippen LogP contribution in [0.15, 0.2) is 6.07 Å². The highest BCUT2D eigenvalue weighted by Crippen LogP contribution is 2.31. The van der Waals surface area contributed by atoms with Crippen molar-refractivity contribution in [1.82, 2.24) is 9.97 Å².